The minimum absolute atomic E-state index is 0.0567. The quantitative estimate of drug-likeness (QED) is 0.830. The molecule has 0 aliphatic heterocycles. The van der Waals surface area contributed by atoms with Gasteiger partial charge in [0.15, 0.2) is 0 Å². The molecule has 0 spiro atoms. The van der Waals surface area contributed by atoms with Crippen LogP contribution in [0, 0.1) is 11.7 Å². The fourth-order valence-corrected chi connectivity index (χ4v) is 2.68. The Balaban J connectivity index is 1.99. The van der Waals surface area contributed by atoms with E-state index in [-0.39, 0.29) is 5.69 Å². The number of rotatable bonds is 5. The lowest BCUT2D eigenvalue weighted by Crippen LogP contribution is -2.28. The highest BCUT2D eigenvalue weighted by Crippen LogP contribution is 2.41. The Bertz CT molecular complexity index is 628. The molecule has 3 nitrogen and oxygen atoms in total. The molecule has 0 bridgehead atoms. The summed E-state index contributed by atoms with van der Waals surface area (Å²) >= 11 is 0. The van der Waals surface area contributed by atoms with Crippen molar-refractivity contribution in [2.45, 2.75) is 31.3 Å². The van der Waals surface area contributed by atoms with Crippen LogP contribution in [0.5, 0.6) is 0 Å². The molecule has 0 amide bonds. The first-order valence-corrected chi connectivity index (χ1v) is 7.28. The van der Waals surface area contributed by atoms with Gasteiger partial charge in [-0.2, -0.15) is 0 Å². The van der Waals surface area contributed by atoms with E-state index in [1.54, 1.807) is 24.5 Å². The van der Waals surface area contributed by atoms with Crippen LogP contribution in [0.4, 0.5) is 10.1 Å². The Morgan fingerprint density at radius 2 is 2.10 bits per heavy atom. The molecule has 21 heavy (non-hydrogen) atoms. The Labute approximate surface area is 123 Å². The maximum absolute atomic E-state index is 13.4. The Morgan fingerprint density at radius 3 is 2.71 bits per heavy atom. The molecule has 2 aromatic rings. The summed E-state index contributed by atoms with van der Waals surface area (Å²) in [5, 5.41) is 11.2. The fourth-order valence-electron chi connectivity index (χ4n) is 2.68. The van der Waals surface area contributed by atoms with Gasteiger partial charge in [-0.05, 0) is 42.5 Å². The molecule has 3 N–H and O–H groups in total. The van der Waals surface area contributed by atoms with Crippen molar-refractivity contribution in [3.63, 3.8) is 0 Å². The predicted molar refractivity (Wildman–Crippen MR) is 80.0 cm³/mol. The average molecular weight is 286 g/mol. The lowest BCUT2D eigenvalue weighted by molar-refractivity contribution is 0.0666. The van der Waals surface area contributed by atoms with E-state index in [0.29, 0.717) is 17.9 Å². The van der Waals surface area contributed by atoms with E-state index in [0.717, 1.165) is 12.0 Å². The van der Waals surface area contributed by atoms with Crippen LogP contribution in [-0.4, -0.2) is 10.1 Å². The molecule has 1 saturated carbocycles. The molecule has 1 aliphatic rings. The highest BCUT2D eigenvalue weighted by Gasteiger charge is 2.34. The molecule has 1 aromatic heterocycles. The summed E-state index contributed by atoms with van der Waals surface area (Å²) < 4.78 is 13.4. The molecule has 1 aliphatic carbocycles. The second-order valence-corrected chi connectivity index (χ2v) is 5.82. The van der Waals surface area contributed by atoms with E-state index in [1.807, 2.05) is 6.07 Å². The summed E-state index contributed by atoms with van der Waals surface area (Å²) in [6, 6.07) is 8.08. The lowest BCUT2D eigenvalue weighted by atomic mass is 9.82. The zero-order valence-corrected chi connectivity index (χ0v) is 11.8. The van der Waals surface area contributed by atoms with E-state index >= 15 is 0 Å². The van der Waals surface area contributed by atoms with Crippen LogP contribution >= 0.6 is 0 Å². The number of halogens is 1. The number of hydrogen-bond donors (Lipinski definition) is 2. The Kier molecular flexibility index (Phi) is 3.64. The first-order valence-electron chi connectivity index (χ1n) is 7.28. The van der Waals surface area contributed by atoms with Crippen molar-refractivity contribution in [2.24, 2.45) is 5.92 Å². The molecule has 1 aromatic carbocycles. The van der Waals surface area contributed by atoms with Gasteiger partial charge < -0.3 is 10.8 Å². The maximum Gasteiger partial charge on any atom is 0.146 e. The minimum Gasteiger partial charge on any atom is -0.396 e. The number of anilines is 1. The van der Waals surface area contributed by atoms with Crippen LogP contribution in [0.3, 0.4) is 0 Å². The predicted octanol–water partition coefficient (Wildman–Crippen LogP) is 3.23. The van der Waals surface area contributed by atoms with E-state index in [2.05, 4.69) is 4.98 Å². The zero-order chi connectivity index (χ0) is 14.9. The second-order valence-electron chi connectivity index (χ2n) is 5.82. The number of aliphatic hydroxyl groups is 1. The van der Waals surface area contributed by atoms with E-state index in [4.69, 9.17) is 5.73 Å². The second kappa shape index (κ2) is 5.45. The molecule has 3 rings (SSSR count). The summed E-state index contributed by atoms with van der Waals surface area (Å²) in [5.41, 5.74) is 5.89. The molecule has 0 saturated heterocycles. The number of pyridine rings is 1. The molecular formula is C17H19FN2O. The molecule has 110 valence electrons. The van der Waals surface area contributed by atoms with Gasteiger partial charge in [-0.25, -0.2) is 4.39 Å². The van der Waals surface area contributed by atoms with Crippen molar-refractivity contribution in [3.05, 3.63) is 59.7 Å². The number of benzene rings is 1. The van der Waals surface area contributed by atoms with Gasteiger partial charge >= 0.3 is 0 Å². The third-order valence-electron chi connectivity index (χ3n) is 4.22. The van der Waals surface area contributed by atoms with Gasteiger partial charge in [-0.15, -0.1) is 0 Å². The van der Waals surface area contributed by atoms with Crippen LogP contribution < -0.4 is 5.73 Å². The summed E-state index contributed by atoms with van der Waals surface area (Å²) in [4.78, 5) is 4.09. The number of nitrogen functional groups attached to an aromatic ring is 1. The first-order chi connectivity index (χ1) is 10.1. The molecular weight excluding hydrogens is 267 g/mol. The van der Waals surface area contributed by atoms with Gasteiger partial charge in [-0.1, -0.05) is 25.0 Å². The van der Waals surface area contributed by atoms with Crippen LogP contribution in [-0.2, 0) is 5.60 Å². The molecule has 4 heteroatoms. The van der Waals surface area contributed by atoms with Crippen molar-refractivity contribution in [1.82, 2.24) is 4.98 Å². The highest BCUT2D eigenvalue weighted by molar-refractivity contribution is 5.47. The molecule has 1 heterocycles. The smallest absolute Gasteiger partial charge is 0.146 e. The number of nitrogens with zero attached hydrogens (tertiary/aromatic N) is 1. The third kappa shape index (κ3) is 2.90. The van der Waals surface area contributed by atoms with Crippen LogP contribution in [0.1, 0.15) is 36.8 Å². The minimum atomic E-state index is -1.17. The number of nitrogens with two attached hydrogens (primary N) is 1. The summed E-state index contributed by atoms with van der Waals surface area (Å²) in [6.45, 7) is 0. The summed E-state index contributed by atoms with van der Waals surface area (Å²) in [6.07, 6.45) is 7.33. The molecule has 1 unspecified atom stereocenters. The zero-order valence-electron chi connectivity index (χ0n) is 11.8. The standard InChI is InChI=1S/C17H19FN2O/c18-15-6-5-13(10-16(15)19)17(21,8-7-12-3-4-12)14-2-1-9-20-11-14/h1-2,5-6,9-12,21H,3-4,7-8,19H2. The van der Waals surface area contributed by atoms with Crippen LogP contribution in [0.2, 0.25) is 0 Å². The number of hydrogen-bond acceptors (Lipinski definition) is 3. The SMILES string of the molecule is Nc1cc(C(O)(CCC2CC2)c2cccnc2)ccc1F. The lowest BCUT2D eigenvalue weighted by Gasteiger charge is -2.29. The van der Waals surface area contributed by atoms with Crippen LogP contribution in [0.15, 0.2) is 42.7 Å². The van der Waals surface area contributed by atoms with Crippen molar-refractivity contribution in [2.75, 3.05) is 5.73 Å². The first kappa shape index (κ1) is 14.0. The topological polar surface area (TPSA) is 59.1 Å². The van der Waals surface area contributed by atoms with Crippen molar-refractivity contribution >= 4 is 5.69 Å². The van der Waals surface area contributed by atoms with E-state index < -0.39 is 11.4 Å². The van der Waals surface area contributed by atoms with Gasteiger partial charge in [0.05, 0.1) is 5.69 Å². The Hall–Kier alpha value is -1.94. The number of aromatic nitrogens is 1. The van der Waals surface area contributed by atoms with Crippen molar-refractivity contribution < 1.29 is 9.50 Å². The van der Waals surface area contributed by atoms with Gasteiger partial charge in [0.2, 0.25) is 0 Å². The molecule has 1 fully saturated rings. The van der Waals surface area contributed by atoms with Crippen molar-refractivity contribution in [1.29, 1.82) is 0 Å². The molecule has 1 atom stereocenters. The largest absolute Gasteiger partial charge is 0.396 e. The van der Waals surface area contributed by atoms with E-state index in [1.165, 1.54) is 25.0 Å². The average Bonchev–Trinajstić information content (AvgIpc) is 3.33. The van der Waals surface area contributed by atoms with E-state index in [9.17, 15) is 9.50 Å². The monoisotopic (exact) mass is 286 g/mol. The normalized spacial score (nSPS) is 17.4. The summed E-state index contributed by atoms with van der Waals surface area (Å²) in [5.74, 6) is 0.237. The Morgan fingerprint density at radius 1 is 1.29 bits per heavy atom. The van der Waals surface area contributed by atoms with Gasteiger partial charge in [0, 0.05) is 18.0 Å². The molecule has 0 radical (unpaired) electrons. The van der Waals surface area contributed by atoms with Gasteiger partial charge in [-0.3, -0.25) is 4.98 Å². The van der Waals surface area contributed by atoms with Gasteiger partial charge in [0.25, 0.3) is 0 Å². The maximum atomic E-state index is 13.4. The summed E-state index contributed by atoms with van der Waals surface area (Å²) in [7, 11) is 0. The van der Waals surface area contributed by atoms with Crippen molar-refractivity contribution in [3.8, 4) is 0 Å². The fraction of sp³-hybridized carbons (Fsp3) is 0.353. The van der Waals surface area contributed by atoms with Crippen LogP contribution in [0.25, 0.3) is 0 Å². The third-order valence-corrected chi connectivity index (χ3v) is 4.22. The van der Waals surface area contributed by atoms with Gasteiger partial charge in [0.1, 0.15) is 11.4 Å². The highest BCUT2D eigenvalue weighted by atomic mass is 19.1.